The summed E-state index contributed by atoms with van der Waals surface area (Å²) in [6.45, 7) is 0. The molecule has 1 N–H and O–H groups in total. The second kappa shape index (κ2) is 4.31. The maximum absolute atomic E-state index is 13.7. The average Bonchev–Trinajstić information content (AvgIpc) is 2.68. The van der Waals surface area contributed by atoms with Gasteiger partial charge in [-0.2, -0.15) is 0 Å². The molecular formula is C13H16FNO2S. The van der Waals surface area contributed by atoms with E-state index in [-0.39, 0.29) is 17.0 Å². The van der Waals surface area contributed by atoms with E-state index in [1.165, 1.54) is 18.2 Å². The van der Waals surface area contributed by atoms with Crippen molar-refractivity contribution >= 4 is 9.84 Å². The molecule has 1 aromatic rings. The van der Waals surface area contributed by atoms with Crippen molar-refractivity contribution in [3.8, 4) is 0 Å². The molecule has 0 radical (unpaired) electrons. The van der Waals surface area contributed by atoms with Crippen LogP contribution in [0.4, 0.5) is 4.39 Å². The summed E-state index contributed by atoms with van der Waals surface area (Å²) in [5.41, 5.74) is 0. The minimum Gasteiger partial charge on any atom is -0.311 e. The summed E-state index contributed by atoms with van der Waals surface area (Å²) in [6, 6.07) is 6.24. The van der Waals surface area contributed by atoms with Crippen LogP contribution >= 0.6 is 0 Å². The highest BCUT2D eigenvalue weighted by molar-refractivity contribution is 7.92. The summed E-state index contributed by atoms with van der Waals surface area (Å²) in [7, 11) is -3.53. The molecule has 98 valence electrons. The smallest absolute Gasteiger partial charge is 0.184 e. The molecule has 3 nitrogen and oxygen atoms in total. The predicted octanol–water partition coefficient (Wildman–Crippen LogP) is 1.88. The Hall–Kier alpha value is -0.940. The highest BCUT2D eigenvalue weighted by Gasteiger charge is 2.40. The largest absolute Gasteiger partial charge is 0.311 e. The number of halogens is 1. The lowest BCUT2D eigenvalue weighted by Crippen LogP contribution is -2.43. The van der Waals surface area contributed by atoms with Crippen molar-refractivity contribution in [1.82, 2.24) is 5.32 Å². The third-order valence-corrected chi connectivity index (χ3v) is 6.22. The number of piperidine rings is 1. The van der Waals surface area contributed by atoms with E-state index in [1.807, 2.05) is 0 Å². The van der Waals surface area contributed by atoms with Crippen LogP contribution in [0.2, 0.25) is 0 Å². The molecule has 2 unspecified atom stereocenters. The highest BCUT2D eigenvalue weighted by atomic mass is 32.2. The van der Waals surface area contributed by atoms with Crippen molar-refractivity contribution in [2.45, 2.75) is 47.9 Å². The number of hydrogen-bond donors (Lipinski definition) is 1. The molecule has 0 saturated carbocycles. The van der Waals surface area contributed by atoms with Gasteiger partial charge in [-0.3, -0.25) is 0 Å². The standard InChI is InChI=1S/C13H16FNO2S/c14-12-3-1-2-4-13(12)18(16,17)11-7-9-5-6-10(8-11)15-9/h1-4,9-11,15H,5-8H2. The molecule has 0 aromatic heterocycles. The summed E-state index contributed by atoms with van der Waals surface area (Å²) in [5.74, 6) is -0.636. The molecule has 0 spiro atoms. The normalized spacial score (nSPS) is 31.5. The number of nitrogens with one attached hydrogen (secondary N) is 1. The zero-order valence-electron chi connectivity index (χ0n) is 9.97. The second-order valence-electron chi connectivity index (χ2n) is 5.21. The zero-order chi connectivity index (χ0) is 12.8. The topological polar surface area (TPSA) is 46.2 Å². The van der Waals surface area contributed by atoms with Gasteiger partial charge in [0.1, 0.15) is 10.7 Å². The number of hydrogen-bond acceptors (Lipinski definition) is 3. The minimum atomic E-state index is -3.53. The molecule has 2 fully saturated rings. The number of sulfone groups is 1. The molecule has 2 bridgehead atoms. The van der Waals surface area contributed by atoms with Crippen molar-refractivity contribution in [1.29, 1.82) is 0 Å². The molecule has 18 heavy (non-hydrogen) atoms. The van der Waals surface area contributed by atoms with Crippen molar-refractivity contribution in [3.63, 3.8) is 0 Å². The van der Waals surface area contributed by atoms with Crippen LogP contribution in [0, 0.1) is 5.82 Å². The van der Waals surface area contributed by atoms with Gasteiger partial charge in [0.25, 0.3) is 0 Å². The fourth-order valence-corrected chi connectivity index (χ4v) is 5.05. The average molecular weight is 269 g/mol. The van der Waals surface area contributed by atoms with Crippen molar-refractivity contribution < 1.29 is 12.8 Å². The monoisotopic (exact) mass is 269 g/mol. The molecular weight excluding hydrogens is 253 g/mol. The van der Waals surface area contributed by atoms with E-state index in [1.54, 1.807) is 6.07 Å². The van der Waals surface area contributed by atoms with E-state index in [2.05, 4.69) is 5.32 Å². The van der Waals surface area contributed by atoms with Gasteiger partial charge in [0.15, 0.2) is 9.84 Å². The van der Waals surface area contributed by atoms with Gasteiger partial charge < -0.3 is 5.32 Å². The van der Waals surface area contributed by atoms with Gasteiger partial charge in [0, 0.05) is 12.1 Å². The summed E-state index contributed by atoms with van der Waals surface area (Å²) in [5, 5.41) is 2.96. The Morgan fingerprint density at radius 2 is 1.72 bits per heavy atom. The van der Waals surface area contributed by atoms with Crippen LogP contribution in [0.3, 0.4) is 0 Å². The van der Waals surface area contributed by atoms with Crippen LogP contribution in [0.1, 0.15) is 25.7 Å². The summed E-state index contributed by atoms with van der Waals surface area (Å²) < 4.78 is 38.6. The molecule has 2 atom stereocenters. The van der Waals surface area contributed by atoms with E-state index < -0.39 is 20.9 Å². The number of benzene rings is 1. The van der Waals surface area contributed by atoms with E-state index in [0.29, 0.717) is 12.8 Å². The van der Waals surface area contributed by atoms with Gasteiger partial charge >= 0.3 is 0 Å². The fraction of sp³-hybridized carbons (Fsp3) is 0.538. The van der Waals surface area contributed by atoms with E-state index >= 15 is 0 Å². The maximum Gasteiger partial charge on any atom is 0.184 e. The summed E-state index contributed by atoms with van der Waals surface area (Å²) in [4.78, 5) is -0.142. The van der Waals surface area contributed by atoms with Gasteiger partial charge in [0.2, 0.25) is 0 Å². The third-order valence-electron chi connectivity index (χ3n) is 4.01. The van der Waals surface area contributed by atoms with E-state index in [9.17, 15) is 12.8 Å². The van der Waals surface area contributed by atoms with E-state index in [0.717, 1.165) is 12.8 Å². The number of rotatable bonds is 2. The summed E-state index contributed by atoms with van der Waals surface area (Å²) in [6.07, 6.45) is 3.28. The Morgan fingerprint density at radius 1 is 1.11 bits per heavy atom. The van der Waals surface area contributed by atoms with Crippen LogP contribution in [-0.2, 0) is 9.84 Å². The fourth-order valence-electron chi connectivity index (χ4n) is 3.11. The van der Waals surface area contributed by atoms with Gasteiger partial charge in [-0.25, -0.2) is 12.8 Å². The van der Waals surface area contributed by atoms with Gasteiger partial charge in [-0.15, -0.1) is 0 Å². The Balaban J connectivity index is 1.94. The third kappa shape index (κ3) is 1.95. The van der Waals surface area contributed by atoms with Crippen LogP contribution in [0.15, 0.2) is 29.2 Å². The van der Waals surface area contributed by atoms with Crippen LogP contribution < -0.4 is 5.32 Å². The number of fused-ring (bicyclic) bond motifs is 2. The molecule has 0 amide bonds. The lowest BCUT2D eigenvalue weighted by atomic mass is 10.1. The first-order valence-corrected chi connectivity index (χ1v) is 7.86. The minimum absolute atomic E-state index is 0.142. The van der Waals surface area contributed by atoms with Crippen molar-refractivity contribution in [2.24, 2.45) is 0 Å². The lowest BCUT2D eigenvalue weighted by molar-refractivity contribution is 0.400. The van der Waals surface area contributed by atoms with Crippen LogP contribution in [0.5, 0.6) is 0 Å². The van der Waals surface area contributed by atoms with Crippen molar-refractivity contribution in [3.05, 3.63) is 30.1 Å². The molecule has 5 heteroatoms. The summed E-state index contributed by atoms with van der Waals surface area (Å²) >= 11 is 0. The van der Waals surface area contributed by atoms with E-state index in [4.69, 9.17) is 0 Å². The quantitative estimate of drug-likeness (QED) is 0.891. The molecule has 2 aliphatic rings. The first-order chi connectivity index (χ1) is 8.57. The molecule has 1 aromatic carbocycles. The van der Waals surface area contributed by atoms with Gasteiger partial charge in [0.05, 0.1) is 5.25 Å². The molecule has 0 aliphatic carbocycles. The second-order valence-corrected chi connectivity index (χ2v) is 7.40. The van der Waals surface area contributed by atoms with Crippen LogP contribution in [-0.4, -0.2) is 25.8 Å². The van der Waals surface area contributed by atoms with Crippen LogP contribution in [0.25, 0.3) is 0 Å². The highest BCUT2D eigenvalue weighted by Crippen LogP contribution is 2.33. The Labute approximate surface area is 106 Å². The molecule has 2 saturated heterocycles. The Kier molecular flexibility index (Phi) is 2.90. The van der Waals surface area contributed by atoms with Gasteiger partial charge in [-0.05, 0) is 37.8 Å². The Bertz CT molecular complexity index is 546. The van der Waals surface area contributed by atoms with Gasteiger partial charge in [-0.1, -0.05) is 12.1 Å². The first kappa shape index (κ1) is 12.1. The first-order valence-electron chi connectivity index (χ1n) is 6.32. The SMILES string of the molecule is O=S(=O)(c1ccccc1F)C1CC2CCC(C1)N2. The maximum atomic E-state index is 13.7. The predicted molar refractivity (Wildman–Crippen MR) is 66.6 cm³/mol. The molecule has 3 rings (SSSR count). The van der Waals surface area contributed by atoms with Crippen molar-refractivity contribution in [2.75, 3.05) is 0 Å². The molecule has 2 heterocycles. The zero-order valence-corrected chi connectivity index (χ0v) is 10.8. The lowest BCUT2D eigenvalue weighted by Gasteiger charge is -2.28. The molecule has 2 aliphatic heterocycles. The Morgan fingerprint density at radius 3 is 2.33 bits per heavy atom.